The Hall–Kier alpha value is -2.57. The van der Waals surface area contributed by atoms with Crippen LogP contribution in [0, 0.1) is 0 Å². The molecular weight excluding hydrogens is 367 g/mol. The number of carboxylic acids is 1. The predicted molar refractivity (Wildman–Crippen MR) is 95.7 cm³/mol. The zero-order chi connectivity index (χ0) is 18.4. The second-order valence-electron chi connectivity index (χ2n) is 4.99. The van der Waals surface area contributed by atoms with Gasteiger partial charge in [0.2, 0.25) is 0 Å². The van der Waals surface area contributed by atoms with Gasteiger partial charge in [-0.15, -0.1) is 0 Å². The monoisotopic (exact) mass is 380 g/mol. The van der Waals surface area contributed by atoms with Gasteiger partial charge in [-0.1, -0.05) is 23.2 Å². The number of ether oxygens (including phenoxy) is 1. The van der Waals surface area contributed by atoms with Crippen LogP contribution in [0.2, 0.25) is 10.0 Å². The first kappa shape index (κ1) is 18.8. The molecule has 0 fully saturated rings. The van der Waals surface area contributed by atoms with E-state index in [1.165, 1.54) is 25.3 Å². The van der Waals surface area contributed by atoms with Crippen molar-refractivity contribution in [1.82, 2.24) is 5.43 Å². The minimum atomic E-state index is -1.05. The predicted octanol–water partition coefficient (Wildman–Crippen LogP) is 3.61. The average Bonchev–Trinajstić information content (AvgIpc) is 2.56. The number of aliphatic carboxylic acids is 1. The van der Waals surface area contributed by atoms with E-state index in [-0.39, 0.29) is 10.6 Å². The third kappa shape index (κ3) is 5.48. The first-order valence-electron chi connectivity index (χ1n) is 7.15. The van der Waals surface area contributed by atoms with Crippen molar-refractivity contribution in [2.75, 3.05) is 0 Å². The summed E-state index contributed by atoms with van der Waals surface area (Å²) in [6, 6.07) is 11.1. The maximum atomic E-state index is 12.0. The molecule has 1 atom stereocenters. The molecule has 0 heterocycles. The van der Waals surface area contributed by atoms with Crippen LogP contribution in [-0.2, 0) is 4.79 Å². The molecule has 6 nitrogen and oxygen atoms in total. The van der Waals surface area contributed by atoms with E-state index in [0.717, 1.165) is 0 Å². The Labute approximate surface area is 154 Å². The number of amides is 1. The van der Waals surface area contributed by atoms with Crippen molar-refractivity contribution in [1.29, 1.82) is 0 Å². The highest BCUT2D eigenvalue weighted by molar-refractivity contribution is 6.36. The van der Waals surface area contributed by atoms with Gasteiger partial charge in [-0.2, -0.15) is 5.10 Å². The third-order valence-electron chi connectivity index (χ3n) is 3.10. The molecule has 0 aliphatic carbocycles. The van der Waals surface area contributed by atoms with E-state index in [1.54, 1.807) is 30.3 Å². The van der Waals surface area contributed by atoms with Crippen LogP contribution in [0.3, 0.4) is 0 Å². The van der Waals surface area contributed by atoms with E-state index in [9.17, 15) is 9.59 Å². The Bertz CT molecular complexity index is 807. The van der Waals surface area contributed by atoms with Crippen molar-refractivity contribution in [2.45, 2.75) is 13.0 Å². The number of nitrogens with zero attached hydrogens (tertiary/aromatic N) is 1. The summed E-state index contributed by atoms with van der Waals surface area (Å²) >= 11 is 11.7. The van der Waals surface area contributed by atoms with E-state index in [1.807, 2.05) is 0 Å². The second-order valence-corrected chi connectivity index (χ2v) is 5.83. The van der Waals surface area contributed by atoms with Crippen LogP contribution in [-0.4, -0.2) is 29.3 Å². The largest absolute Gasteiger partial charge is 0.479 e. The molecule has 130 valence electrons. The summed E-state index contributed by atoms with van der Waals surface area (Å²) in [6.07, 6.45) is 0.495. The van der Waals surface area contributed by atoms with E-state index in [2.05, 4.69) is 10.5 Å². The summed E-state index contributed by atoms with van der Waals surface area (Å²) in [6.45, 7) is 1.44. The Kier molecular flexibility index (Phi) is 6.38. The topological polar surface area (TPSA) is 88.0 Å². The molecule has 0 bridgehead atoms. The number of hydrogen-bond donors (Lipinski definition) is 2. The molecule has 0 aliphatic rings. The summed E-state index contributed by atoms with van der Waals surface area (Å²) in [5.74, 6) is -1.09. The normalized spacial score (nSPS) is 12.0. The van der Waals surface area contributed by atoms with Crippen molar-refractivity contribution < 1.29 is 19.4 Å². The minimum Gasteiger partial charge on any atom is -0.479 e. The fourth-order valence-electron chi connectivity index (χ4n) is 1.79. The first-order valence-corrected chi connectivity index (χ1v) is 7.90. The van der Waals surface area contributed by atoms with Crippen molar-refractivity contribution in [2.24, 2.45) is 5.10 Å². The lowest BCUT2D eigenvalue weighted by Gasteiger charge is -2.09. The van der Waals surface area contributed by atoms with Crippen LogP contribution >= 0.6 is 23.2 Å². The van der Waals surface area contributed by atoms with E-state index >= 15 is 0 Å². The van der Waals surface area contributed by atoms with Crippen LogP contribution in [0.25, 0.3) is 0 Å². The van der Waals surface area contributed by atoms with Crippen LogP contribution in [0.15, 0.2) is 47.6 Å². The molecule has 2 aromatic carbocycles. The lowest BCUT2D eigenvalue weighted by molar-refractivity contribution is -0.144. The molecule has 0 spiro atoms. The van der Waals surface area contributed by atoms with E-state index in [4.69, 9.17) is 33.0 Å². The maximum Gasteiger partial charge on any atom is 0.344 e. The van der Waals surface area contributed by atoms with Gasteiger partial charge >= 0.3 is 5.97 Å². The summed E-state index contributed by atoms with van der Waals surface area (Å²) in [5.41, 5.74) is 3.31. The SMILES string of the molecule is C[C@H](Oc1ccc(/C=N\NC(=O)c2ccc(Cl)cc2Cl)cc1)C(=O)O. The number of carbonyl (C=O) groups excluding carboxylic acids is 1. The lowest BCUT2D eigenvalue weighted by atomic mass is 10.2. The highest BCUT2D eigenvalue weighted by Gasteiger charge is 2.12. The molecule has 8 heteroatoms. The van der Waals surface area contributed by atoms with Crippen LogP contribution < -0.4 is 10.2 Å². The Morgan fingerprint density at radius 1 is 1.20 bits per heavy atom. The zero-order valence-electron chi connectivity index (χ0n) is 13.1. The minimum absolute atomic E-state index is 0.231. The smallest absolute Gasteiger partial charge is 0.344 e. The molecule has 2 N–H and O–H groups in total. The number of rotatable bonds is 6. The third-order valence-corrected chi connectivity index (χ3v) is 3.64. The molecular formula is C17H14Cl2N2O4. The van der Waals surface area contributed by atoms with Crippen molar-refractivity contribution in [3.8, 4) is 5.75 Å². The van der Waals surface area contributed by atoms with Crippen LogP contribution in [0.5, 0.6) is 5.75 Å². The van der Waals surface area contributed by atoms with Crippen molar-refractivity contribution in [3.05, 3.63) is 63.6 Å². The van der Waals surface area contributed by atoms with Crippen LogP contribution in [0.1, 0.15) is 22.8 Å². The van der Waals surface area contributed by atoms with Crippen molar-refractivity contribution >= 4 is 41.3 Å². The summed E-state index contributed by atoms with van der Waals surface area (Å²) < 4.78 is 5.21. The number of hydrazone groups is 1. The Morgan fingerprint density at radius 2 is 1.88 bits per heavy atom. The van der Waals surface area contributed by atoms with Gasteiger partial charge in [-0.05, 0) is 55.0 Å². The molecule has 2 aromatic rings. The Morgan fingerprint density at radius 3 is 2.48 bits per heavy atom. The van der Waals surface area contributed by atoms with E-state index in [0.29, 0.717) is 16.3 Å². The molecule has 0 saturated heterocycles. The molecule has 0 saturated carbocycles. The van der Waals surface area contributed by atoms with E-state index < -0.39 is 18.0 Å². The van der Waals surface area contributed by atoms with Gasteiger partial charge in [0.1, 0.15) is 5.75 Å². The van der Waals surface area contributed by atoms with Gasteiger partial charge in [-0.3, -0.25) is 4.79 Å². The molecule has 2 rings (SSSR count). The number of hydrogen-bond acceptors (Lipinski definition) is 4. The van der Waals surface area contributed by atoms with Crippen LogP contribution in [0.4, 0.5) is 0 Å². The summed E-state index contributed by atoms with van der Waals surface area (Å²) in [4.78, 5) is 22.7. The number of carboxylic acid groups (broad SMARTS) is 1. The molecule has 0 radical (unpaired) electrons. The van der Waals surface area contributed by atoms with Gasteiger partial charge in [0, 0.05) is 5.02 Å². The fraction of sp³-hybridized carbons (Fsp3) is 0.118. The fourth-order valence-corrected chi connectivity index (χ4v) is 2.28. The average molecular weight is 381 g/mol. The van der Waals surface area contributed by atoms with Crippen molar-refractivity contribution in [3.63, 3.8) is 0 Å². The van der Waals surface area contributed by atoms with Gasteiger partial charge in [0.25, 0.3) is 5.91 Å². The van der Waals surface area contributed by atoms with Gasteiger partial charge < -0.3 is 9.84 Å². The highest BCUT2D eigenvalue weighted by atomic mass is 35.5. The van der Waals surface area contributed by atoms with Gasteiger partial charge in [0.05, 0.1) is 16.8 Å². The Balaban J connectivity index is 1.95. The number of benzene rings is 2. The summed E-state index contributed by atoms with van der Waals surface area (Å²) in [7, 11) is 0. The standard InChI is InChI=1S/C17H14Cl2N2O4/c1-10(17(23)24)25-13-5-2-11(3-6-13)9-20-21-16(22)14-7-4-12(18)8-15(14)19/h2-10H,1H3,(H,21,22)(H,23,24)/b20-9-/t10-/m0/s1. The molecule has 0 unspecified atom stereocenters. The molecule has 1 amide bonds. The second kappa shape index (κ2) is 8.50. The maximum absolute atomic E-state index is 12.0. The number of nitrogens with one attached hydrogen (secondary N) is 1. The zero-order valence-corrected chi connectivity index (χ0v) is 14.6. The quantitative estimate of drug-likeness (QED) is 0.591. The van der Waals surface area contributed by atoms with Gasteiger partial charge in [0.15, 0.2) is 6.10 Å². The summed E-state index contributed by atoms with van der Waals surface area (Å²) in [5, 5.41) is 13.3. The molecule has 0 aliphatic heterocycles. The highest BCUT2D eigenvalue weighted by Crippen LogP contribution is 2.20. The van der Waals surface area contributed by atoms with Gasteiger partial charge in [-0.25, -0.2) is 10.2 Å². The lowest BCUT2D eigenvalue weighted by Crippen LogP contribution is -2.22. The molecule has 25 heavy (non-hydrogen) atoms. The number of carbonyl (C=O) groups is 2. The molecule has 0 aromatic heterocycles. The first-order chi connectivity index (χ1) is 11.9. The number of halogens is 2.